The fraction of sp³-hybridized carbons (Fsp3) is 0. The molecule has 1 aromatic carbocycles. The molecule has 2 aromatic rings. The Labute approximate surface area is 100 Å². The highest BCUT2D eigenvalue weighted by molar-refractivity contribution is 5.93. The molecule has 3 N–H and O–H groups in total. The second-order valence-corrected chi connectivity index (χ2v) is 3.21. The molecule has 0 spiro atoms. The summed E-state index contributed by atoms with van der Waals surface area (Å²) >= 11 is 0. The number of amidine groups is 1. The average molecular weight is 234 g/mol. The number of aromatic nitrogens is 1. The molecule has 0 fully saturated rings. The quantitative estimate of drug-likeness (QED) is 0.618. The van der Waals surface area contributed by atoms with Crippen molar-refractivity contribution in [3.8, 4) is 11.1 Å². The zero-order chi connectivity index (χ0) is 10.7. The molecule has 1 heterocycles. The maximum atomic E-state index is 7.23. The van der Waals surface area contributed by atoms with Crippen LogP contribution in [-0.2, 0) is 0 Å². The monoisotopic (exact) mass is 233 g/mol. The summed E-state index contributed by atoms with van der Waals surface area (Å²) in [7, 11) is 0. The van der Waals surface area contributed by atoms with Crippen molar-refractivity contribution in [2.75, 3.05) is 0 Å². The Hall–Kier alpha value is -1.87. The molecule has 0 aliphatic rings. The molecule has 0 radical (unpaired) electrons. The van der Waals surface area contributed by atoms with Gasteiger partial charge in [0.25, 0.3) is 0 Å². The van der Waals surface area contributed by atoms with E-state index in [2.05, 4.69) is 4.98 Å². The molecule has 1 aromatic heterocycles. The number of halogens is 1. The summed E-state index contributed by atoms with van der Waals surface area (Å²) in [4.78, 5) is 4.11. The van der Waals surface area contributed by atoms with E-state index in [-0.39, 0.29) is 18.2 Å². The molecule has 0 aliphatic carbocycles. The van der Waals surface area contributed by atoms with Crippen LogP contribution >= 0.6 is 12.4 Å². The number of nitrogens with one attached hydrogen (secondary N) is 1. The van der Waals surface area contributed by atoms with Gasteiger partial charge in [0.15, 0.2) is 0 Å². The van der Waals surface area contributed by atoms with Crippen LogP contribution in [0.1, 0.15) is 5.69 Å². The topological polar surface area (TPSA) is 62.8 Å². The molecular formula is C12H12ClN3. The lowest BCUT2D eigenvalue weighted by Crippen LogP contribution is -2.12. The maximum Gasteiger partial charge on any atom is 0.141 e. The van der Waals surface area contributed by atoms with Crippen molar-refractivity contribution in [1.29, 1.82) is 5.41 Å². The van der Waals surface area contributed by atoms with Gasteiger partial charge in [-0.2, -0.15) is 0 Å². The fourth-order valence-electron chi connectivity index (χ4n) is 1.35. The van der Waals surface area contributed by atoms with Crippen LogP contribution in [0.25, 0.3) is 11.1 Å². The molecule has 3 nitrogen and oxygen atoms in total. The Morgan fingerprint density at radius 1 is 1.00 bits per heavy atom. The lowest BCUT2D eigenvalue weighted by Gasteiger charge is -2.01. The Morgan fingerprint density at radius 3 is 2.19 bits per heavy atom. The molecule has 0 saturated carbocycles. The van der Waals surface area contributed by atoms with Crippen LogP contribution in [0.2, 0.25) is 0 Å². The first-order valence-electron chi connectivity index (χ1n) is 4.63. The maximum absolute atomic E-state index is 7.23. The van der Waals surface area contributed by atoms with E-state index < -0.39 is 0 Å². The molecule has 0 bridgehead atoms. The minimum absolute atomic E-state index is 0. The Balaban J connectivity index is 0.00000128. The molecule has 0 aliphatic heterocycles. The summed E-state index contributed by atoms with van der Waals surface area (Å²) in [5, 5.41) is 7.23. The smallest absolute Gasteiger partial charge is 0.141 e. The number of benzene rings is 1. The number of rotatable bonds is 2. The molecular weight excluding hydrogens is 222 g/mol. The van der Waals surface area contributed by atoms with Crippen molar-refractivity contribution in [2.24, 2.45) is 5.73 Å². The van der Waals surface area contributed by atoms with Crippen LogP contribution in [0.15, 0.2) is 48.7 Å². The highest BCUT2D eigenvalue weighted by atomic mass is 35.5. The molecule has 82 valence electrons. The van der Waals surface area contributed by atoms with E-state index in [1.807, 2.05) is 36.4 Å². The molecule has 0 atom stereocenters. The second kappa shape index (κ2) is 5.28. The molecule has 0 saturated heterocycles. The Kier molecular flexibility index (Phi) is 4.03. The number of nitrogens with zero attached hydrogens (tertiary/aromatic N) is 1. The summed E-state index contributed by atoms with van der Waals surface area (Å²) in [6.45, 7) is 0. The first-order chi connectivity index (χ1) is 7.27. The third kappa shape index (κ3) is 2.58. The first-order valence-corrected chi connectivity index (χ1v) is 4.63. The van der Waals surface area contributed by atoms with Gasteiger partial charge in [0.1, 0.15) is 11.5 Å². The number of hydrogen-bond acceptors (Lipinski definition) is 2. The Morgan fingerprint density at radius 2 is 1.69 bits per heavy atom. The van der Waals surface area contributed by atoms with Gasteiger partial charge in [-0.3, -0.25) is 10.4 Å². The van der Waals surface area contributed by atoms with Crippen LogP contribution in [0.5, 0.6) is 0 Å². The van der Waals surface area contributed by atoms with Crippen LogP contribution in [0.3, 0.4) is 0 Å². The minimum atomic E-state index is -0.00499. The second-order valence-electron chi connectivity index (χ2n) is 3.21. The van der Waals surface area contributed by atoms with E-state index in [1.54, 1.807) is 12.3 Å². The first kappa shape index (κ1) is 12.2. The zero-order valence-electron chi connectivity index (χ0n) is 8.55. The van der Waals surface area contributed by atoms with E-state index in [4.69, 9.17) is 11.1 Å². The van der Waals surface area contributed by atoms with E-state index in [1.165, 1.54) is 0 Å². The van der Waals surface area contributed by atoms with Crippen molar-refractivity contribution >= 4 is 18.2 Å². The number of hydrogen-bond donors (Lipinski definition) is 2. The number of nitrogen functional groups attached to an aromatic ring is 1. The number of pyridine rings is 1. The fourth-order valence-corrected chi connectivity index (χ4v) is 1.35. The van der Waals surface area contributed by atoms with Gasteiger partial charge in [-0.25, -0.2) is 0 Å². The molecule has 4 heteroatoms. The summed E-state index contributed by atoms with van der Waals surface area (Å²) in [6.07, 6.45) is 1.73. The predicted molar refractivity (Wildman–Crippen MR) is 67.9 cm³/mol. The van der Waals surface area contributed by atoms with E-state index in [0.29, 0.717) is 5.69 Å². The van der Waals surface area contributed by atoms with E-state index in [0.717, 1.165) is 11.1 Å². The predicted octanol–water partition coefficient (Wildman–Crippen LogP) is 2.45. The van der Waals surface area contributed by atoms with Gasteiger partial charge >= 0.3 is 0 Å². The van der Waals surface area contributed by atoms with Crippen molar-refractivity contribution in [3.63, 3.8) is 0 Å². The molecule has 0 amide bonds. The van der Waals surface area contributed by atoms with E-state index in [9.17, 15) is 0 Å². The third-order valence-corrected chi connectivity index (χ3v) is 2.15. The van der Waals surface area contributed by atoms with Crippen molar-refractivity contribution in [1.82, 2.24) is 4.98 Å². The van der Waals surface area contributed by atoms with Crippen LogP contribution < -0.4 is 5.73 Å². The van der Waals surface area contributed by atoms with Crippen LogP contribution in [0, 0.1) is 5.41 Å². The van der Waals surface area contributed by atoms with Gasteiger partial charge < -0.3 is 5.73 Å². The lowest BCUT2D eigenvalue weighted by molar-refractivity contribution is 1.26. The van der Waals surface area contributed by atoms with Gasteiger partial charge in [-0.05, 0) is 11.6 Å². The normalized spacial score (nSPS) is 9.25. The summed E-state index contributed by atoms with van der Waals surface area (Å²) in [5.41, 5.74) is 7.97. The van der Waals surface area contributed by atoms with Crippen molar-refractivity contribution in [2.45, 2.75) is 0 Å². The van der Waals surface area contributed by atoms with Crippen LogP contribution in [-0.4, -0.2) is 10.8 Å². The average Bonchev–Trinajstić information content (AvgIpc) is 2.30. The van der Waals surface area contributed by atoms with Crippen molar-refractivity contribution in [3.05, 3.63) is 54.4 Å². The largest absolute Gasteiger partial charge is 0.382 e. The zero-order valence-corrected chi connectivity index (χ0v) is 9.37. The Bertz CT molecular complexity index is 465. The summed E-state index contributed by atoms with van der Waals surface area (Å²) < 4.78 is 0. The van der Waals surface area contributed by atoms with E-state index >= 15 is 0 Å². The highest BCUT2D eigenvalue weighted by Gasteiger charge is 1.99. The molecule has 16 heavy (non-hydrogen) atoms. The van der Waals surface area contributed by atoms with Crippen LogP contribution in [0.4, 0.5) is 0 Å². The third-order valence-electron chi connectivity index (χ3n) is 2.15. The van der Waals surface area contributed by atoms with Gasteiger partial charge in [0.05, 0.1) is 0 Å². The SMILES string of the molecule is Cl.N=C(N)c1ccc(-c2ccccc2)cn1. The van der Waals surface area contributed by atoms with Gasteiger partial charge in [0.2, 0.25) is 0 Å². The molecule has 0 unspecified atom stereocenters. The van der Waals surface area contributed by atoms with Crippen molar-refractivity contribution < 1.29 is 0 Å². The minimum Gasteiger partial charge on any atom is -0.382 e. The standard InChI is InChI=1S/C12H11N3.ClH/c13-12(14)11-7-6-10(8-15-11)9-4-2-1-3-5-9;/h1-8H,(H3,13,14);1H. The lowest BCUT2D eigenvalue weighted by atomic mass is 10.1. The highest BCUT2D eigenvalue weighted by Crippen LogP contribution is 2.17. The van der Waals surface area contributed by atoms with Gasteiger partial charge in [-0.1, -0.05) is 36.4 Å². The summed E-state index contributed by atoms with van der Waals surface area (Å²) in [6, 6.07) is 13.6. The van der Waals surface area contributed by atoms with Gasteiger partial charge in [-0.15, -0.1) is 12.4 Å². The van der Waals surface area contributed by atoms with Gasteiger partial charge in [0, 0.05) is 11.8 Å². The molecule has 2 rings (SSSR count). The number of nitrogens with two attached hydrogens (primary N) is 1. The summed E-state index contributed by atoms with van der Waals surface area (Å²) in [5.74, 6) is -0.00499.